The van der Waals surface area contributed by atoms with E-state index in [9.17, 15) is 27.9 Å². The Morgan fingerprint density at radius 2 is 2.05 bits per heavy atom. The number of amides is 2. The Labute approximate surface area is 209 Å². The molecule has 2 aromatic heterocycles. The number of hydrogen-bond donors (Lipinski definition) is 4. The van der Waals surface area contributed by atoms with Gasteiger partial charge >= 0.3 is 0 Å². The maximum atomic E-state index is 14.1. The molecule has 2 bridgehead atoms. The molecule has 0 aliphatic heterocycles. The maximum Gasteiger partial charge on any atom is 0.281 e. The lowest BCUT2D eigenvalue weighted by Gasteiger charge is -2.51. The molecule has 3 unspecified atom stereocenters. The Balaban J connectivity index is 1.19. The number of aliphatic hydroxyl groups is 1. The SMILES string of the molecule is O=C(COc1cc(F)c2cn[nH]c2c1)NC12CCCC(C1)C(NC(=O)c1cnc(C(F)F)cn1)[C@@H](O)C2. The number of carbonyl (C=O) groups excluding carboxylic acids is 2. The van der Waals surface area contributed by atoms with Crippen molar-refractivity contribution < 1.29 is 32.6 Å². The molecule has 0 saturated heterocycles. The fourth-order valence-corrected chi connectivity index (χ4v) is 5.46. The summed E-state index contributed by atoms with van der Waals surface area (Å²) in [5.41, 5.74) is -0.873. The summed E-state index contributed by atoms with van der Waals surface area (Å²) in [5.74, 6) is -1.48. The highest BCUT2D eigenvalue weighted by atomic mass is 19.3. The number of H-pyrrole nitrogens is 1. The van der Waals surface area contributed by atoms with E-state index in [1.807, 2.05) is 0 Å². The molecule has 2 heterocycles. The Morgan fingerprint density at radius 1 is 1.22 bits per heavy atom. The van der Waals surface area contributed by atoms with Crippen LogP contribution in [0.1, 0.15) is 54.7 Å². The zero-order chi connectivity index (χ0) is 26.2. The lowest BCUT2D eigenvalue weighted by Crippen LogP contribution is -2.64. The molecule has 37 heavy (non-hydrogen) atoms. The highest BCUT2D eigenvalue weighted by Crippen LogP contribution is 2.43. The number of benzene rings is 1. The monoisotopic (exact) mass is 518 g/mol. The number of halogens is 3. The summed E-state index contributed by atoms with van der Waals surface area (Å²) in [4.78, 5) is 32.7. The van der Waals surface area contributed by atoms with E-state index in [4.69, 9.17) is 4.74 Å². The number of carbonyl (C=O) groups is 2. The molecule has 4 N–H and O–H groups in total. The van der Waals surface area contributed by atoms with Crippen molar-refractivity contribution in [2.24, 2.45) is 5.92 Å². The van der Waals surface area contributed by atoms with Gasteiger partial charge in [-0.05, 0) is 31.6 Å². The quantitative estimate of drug-likeness (QED) is 0.376. The molecule has 2 aliphatic carbocycles. The lowest BCUT2D eigenvalue weighted by molar-refractivity contribution is -0.127. The van der Waals surface area contributed by atoms with Gasteiger partial charge in [-0.15, -0.1) is 0 Å². The third kappa shape index (κ3) is 5.22. The first-order valence-electron chi connectivity index (χ1n) is 11.9. The molecule has 2 aliphatic rings. The first-order valence-corrected chi connectivity index (χ1v) is 11.9. The summed E-state index contributed by atoms with van der Waals surface area (Å²) in [5, 5.41) is 23.4. The van der Waals surface area contributed by atoms with E-state index in [1.165, 1.54) is 12.3 Å². The van der Waals surface area contributed by atoms with Gasteiger partial charge in [0, 0.05) is 17.7 Å². The minimum absolute atomic E-state index is 0.118. The number of nitrogens with one attached hydrogen (secondary N) is 3. The minimum Gasteiger partial charge on any atom is -0.484 e. The fourth-order valence-electron chi connectivity index (χ4n) is 5.46. The average Bonchev–Trinajstić information content (AvgIpc) is 3.34. The van der Waals surface area contributed by atoms with Gasteiger partial charge in [0.15, 0.2) is 6.61 Å². The van der Waals surface area contributed by atoms with E-state index in [-0.39, 0.29) is 30.4 Å². The number of ether oxygens (including phenoxy) is 1. The molecule has 196 valence electrons. The number of alkyl halides is 2. The number of aromatic amines is 1. The number of fused-ring (bicyclic) bond motifs is 3. The third-order valence-corrected chi connectivity index (χ3v) is 7.09. The Hall–Kier alpha value is -3.74. The van der Waals surface area contributed by atoms with Gasteiger partial charge in [0.2, 0.25) is 0 Å². The van der Waals surface area contributed by atoms with Crippen LogP contribution in [0.15, 0.2) is 30.7 Å². The molecule has 3 aromatic rings. The van der Waals surface area contributed by atoms with Crippen LogP contribution in [0.4, 0.5) is 13.2 Å². The van der Waals surface area contributed by atoms with Crippen molar-refractivity contribution in [3.8, 4) is 5.75 Å². The zero-order valence-corrected chi connectivity index (χ0v) is 19.6. The molecule has 0 radical (unpaired) electrons. The summed E-state index contributed by atoms with van der Waals surface area (Å²) in [6, 6.07) is 2.15. The van der Waals surface area contributed by atoms with Gasteiger partial charge in [0.1, 0.15) is 23.0 Å². The molecule has 2 fully saturated rings. The number of hydrogen-bond acceptors (Lipinski definition) is 7. The second-order valence-electron chi connectivity index (χ2n) is 9.61. The number of aliphatic hydroxyl groups excluding tert-OH is 1. The highest BCUT2D eigenvalue weighted by Gasteiger charge is 2.49. The van der Waals surface area contributed by atoms with E-state index in [2.05, 4.69) is 30.8 Å². The highest BCUT2D eigenvalue weighted by molar-refractivity contribution is 5.92. The van der Waals surface area contributed by atoms with Gasteiger partial charge in [0.05, 0.1) is 41.6 Å². The second kappa shape index (κ2) is 9.96. The van der Waals surface area contributed by atoms with Crippen LogP contribution in [-0.2, 0) is 4.79 Å². The van der Waals surface area contributed by atoms with Crippen molar-refractivity contribution in [2.75, 3.05) is 6.61 Å². The van der Waals surface area contributed by atoms with Crippen LogP contribution >= 0.6 is 0 Å². The summed E-state index contributed by atoms with van der Waals surface area (Å²) >= 11 is 0. The van der Waals surface area contributed by atoms with Crippen LogP contribution < -0.4 is 15.4 Å². The fraction of sp³-hybridized carbons (Fsp3) is 0.458. The van der Waals surface area contributed by atoms with Gasteiger partial charge < -0.3 is 20.5 Å². The van der Waals surface area contributed by atoms with Crippen molar-refractivity contribution in [1.29, 1.82) is 0 Å². The number of rotatable bonds is 7. The lowest BCUT2D eigenvalue weighted by atomic mass is 9.64. The predicted molar refractivity (Wildman–Crippen MR) is 123 cm³/mol. The number of aromatic nitrogens is 4. The first kappa shape index (κ1) is 24.9. The largest absolute Gasteiger partial charge is 0.484 e. The second-order valence-corrected chi connectivity index (χ2v) is 9.61. The van der Waals surface area contributed by atoms with Gasteiger partial charge in [-0.2, -0.15) is 5.10 Å². The molecule has 0 spiro atoms. The van der Waals surface area contributed by atoms with Gasteiger partial charge in [-0.3, -0.25) is 19.7 Å². The molecule has 1 aromatic carbocycles. The van der Waals surface area contributed by atoms with Gasteiger partial charge in [-0.25, -0.2) is 18.2 Å². The Morgan fingerprint density at radius 3 is 2.81 bits per heavy atom. The van der Waals surface area contributed by atoms with Gasteiger partial charge in [-0.1, -0.05) is 6.42 Å². The van der Waals surface area contributed by atoms with Crippen LogP contribution in [0, 0.1) is 11.7 Å². The van der Waals surface area contributed by atoms with Crippen molar-refractivity contribution in [2.45, 2.75) is 56.2 Å². The minimum atomic E-state index is -2.79. The molecular weight excluding hydrogens is 493 g/mol. The standard InChI is InChI=1S/C24H25F3N6O4/c25-15-4-13(5-16-14(15)8-30-33-16)37-11-20(35)32-24-3-1-2-12(6-24)21(19(34)7-24)31-23(36)18-10-28-17(9-29-18)22(26)27/h4-5,8-10,12,19,21-22,34H,1-3,6-7,11H2,(H,30,33)(H,31,36)(H,32,35)/t12?,19-,21?,24?/m0/s1. The predicted octanol–water partition coefficient (Wildman–Crippen LogP) is 2.42. The third-order valence-electron chi connectivity index (χ3n) is 7.09. The summed E-state index contributed by atoms with van der Waals surface area (Å²) in [7, 11) is 0. The molecule has 2 amide bonds. The first-order chi connectivity index (χ1) is 17.7. The van der Waals surface area contributed by atoms with Crippen LogP contribution in [0.25, 0.3) is 10.9 Å². The van der Waals surface area contributed by atoms with Crippen LogP contribution in [0.3, 0.4) is 0 Å². The van der Waals surface area contributed by atoms with Crippen LogP contribution in [0.2, 0.25) is 0 Å². The van der Waals surface area contributed by atoms with Gasteiger partial charge in [0.25, 0.3) is 18.2 Å². The summed E-state index contributed by atoms with van der Waals surface area (Å²) in [6.45, 7) is -0.338. The van der Waals surface area contributed by atoms with Crippen molar-refractivity contribution >= 4 is 22.7 Å². The van der Waals surface area contributed by atoms with Crippen molar-refractivity contribution in [1.82, 2.24) is 30.8 Å². The van der Waals surface area contributed by atoms with E-state index in [0.717, 1.165) is 25.2 Å². The smallest absolute Gasteiger partial charge is 0.281 e. The molecule has 4 atom stereocenters. The average molecular weight is 518 g/mol. The number of nitrogens with zero attached hydrogens (tertiary/aromatic N) is 3. The van der Waals surface area contributed by atoms with Crippen LogP contribution in [0.5, 0.6) is 5.75 Å². The van der Waals surface area contributed by atoms with E-state index >= 15 is 0 Å². The molecule has 2 saturated carbocycles. The topological polar surface area (TPSA) is 142 Å². The molecular formula is C24H25F3N6O4. The Kier molecular flexibility index (Phi) is 6.71. The summed E-state index contributed by atoms with van der Waals surface area (Å²) in [6.07, 6.45) is 2.36. The molecule has 10 nitrogen and oxygen atoms in total. The molecule has 13 heteroatoms. The van der Waals surface area contributed by atoms with Crippen molar-refractivity contribution in [3.63, 3.8) is 0 Å². The molecule has 5 rings (SSSR count). The van der Waals surface area contributed by atoms with Crippen LogP contribution in [-0.4, -0.2) is 61.4 Å². The zero-order valence-electron chi connectivity index (χ0n) is 19.6. The maximum absolute atomic E-state index is 14.1. The van der Waals surface area contributed by atoms with E-state index in [1.54, 1.807) is 6.07 Å². The van der Waals surface area contributed by atoms with E-state index < -0.39 is 47.4 Å². The van der Waals surface area contributed by atoms with Crippen molar-refractivity contribution in [3.05, 3.63) is 47.9 Å². The summed E-state index contributed by atoms with van der Waals surface area (Å²) < 4.78 is 45.0. The van der Waals surface area contributed by atoms with E-state index in [0.29, 0.717) is 23.7 Å². The normalized spacial score (nSPS) is 25.2. The Bertz CT molecular complexity index is 1300.